The molecule has 0 bridgehead atoms. The van der Waals surface area contributed by atoms with Crippen LogP contribution in [-0.2, 0) is 57.5 Å². The van der Waals surface area contributed by atoms with Crippen LogP contribution in [0, 0.1) is 59.2 Å². The standard InChI is InChI=1S/C74H130N10O14/c1-26-28-30-49(14)65(88)64-66(89)76-55(27-2)70(93)78(19)52(17)68(91)83(24)63(48(13)31-29-36-98-74(97)75-53-32-34-77(18)35-33-53)61(87)42-54(46(9)10)69(92)79(20)56(37-43(3)4)60(86)40-50(15)59(85)41-51(16)67(90)80(21)57(38-44(5)6)71(94)81(22)58(39-45(7)8)72(95)82(23)62(47(11)12)73(96)84(64)25/h26,28,43-58,62-65,88H,27,29-42H2,1-25H3,(H,75,97)(H,76,89)/b28-26+/t48-,49-,50-,51+,52-,54+,55+,56+,57+,58+,62+,63+,64+,65-/m1/s1. The molecule has 0 spiro atoms. The number of hydrogen-bond donors (Lipinski definition) is 3. The van der Waals surface area contributed by atoms with Gasteiger partial charge in [-0.3, -0.25) is 52.7 Å². The number of aliphatic hydroxyl groups is 1. The van der Waals surface area contributed by atoms with Crippen LogP contribution in [0.25, 0.3) is 0 Å². The average molecular weight is 1380 g/mol. The lowest BCUT2D eigenvalue weighted by atomic mass is 9.82. The van der Waals surface area contributed by atoms with E-state index in [-0.39, 0.29) is 93.3 Å². The van der Waals surface area contributed by atoms with E-state index < -0.39 is 155 Å². The van der Waals surface area contributed by atoms with E-state index >= 15 is 33.6 Å². The Morgan fingerprint density at radius 2 is 1.03 bits per heavy atom. The normalized spacial score (nSPS) is 27.4. The minimum atomic E-state index is -1.64. The second kappa shape index (κ2) is 40.8. The number of nitrogens with one attached hydrogen (secondary N) is 2. The maximum atomic E-state index is 15.3. The van der Waals surface area contributed by atoms with Crippen molar-refractivity contribution in [2.45, 2.75) is 255 Å². The molecule has 2 fully saturated rings. The predicted octanol–water partition coefficient (Wildman–Crippen LogP) is 7.12. The first kappa shape index (κ1) is 87.8. The van der Waals surface area contributed by atoms with Crippen molar-refractivity contribution in [3.05, 3.63) is 12.2 Å². The van der Waals surface area contributed by atoms with Gasteiger partial charge in [0, 0.05) is 92.4 Å². The number of Topliss-reactive ketones (excluding diaryl/α,β-unsaturated/α-hetero) is 3. The summed E-state index contributed by atoms with van der Waals surface area (Å²) in [6.45, 7) is 31.7. The molecular formula is C74H130N10O14. The number of aliphatic hydroxyl groups excluding tert-OH is 1. The van der Waals surface area contributed by atoms with Crippen LogP contribution in [-0.4, -0.2) is 252 Å². The molecule has 2 saturated heterocycles. The van der Waals surface area contributed by atoms with Gasteiger partial charge in [0.1, 0.15) is 42.0 Å². The largest absolute Gasteiger partial charge is 0.450 e. The second-order valence-corrected chi connectivity index (χ2v) is 30.7. The summed E-state index contributed by atoms with van der Waals surface area (Å²) in [6, 6.07) is -9.98. The van der Waals surface area contributed by atoms with E-state index in [1.165, 1.54) is 80.8 Å². The summed E-state index contributed by atoms with van der Waals surface area (Å²) < 4.78 is 5.61. The first-order valence-electron chi connectivity index (χ1n) is 36.2. The number of piperidine rings is 1. The fourth-order valence-electron chi connectivity index (χ4n) is 13.7. The van der Waals surface area contributed by atoms with E-state index in [4.69, 9.17) is 4.74 Å². The number of amides is 9. The van der Waals surface area contributed by atoms with E-state index in [0.717, 1.165) is 35.7 Å². The Balaban J connectivity index is 3.00. The van der Waals surface area contributed by atoms with Crippen LogP contribution in [0.15, 0.2) is 12.2 Å². The van der Waals surface area contributed by atoms with Crippen molar-refractivity contribution in [3.8, 4) is 0 Å². The zero-order valence-corrected chi connectivity index (χ0v) is 64.6. The molecule has 0 unspecified atom stereocenters. The van der Waals surface area contributed by atoms with Gasteiger partial charge in [-0.25, -0.2) is 4.79 Å². The minimum Gasteiger partial charge on any atom is -0.450 e. The van der Waals surface area contributed by atoms with Gasteiger partial charge in [-0.15, -0.1) is 0 Å². The van der Waals surface area contributed by atoms with Gasteiger partial charge in [0.2, 0.25) is 47.3 Å². The van der Waals surface area contributed by atoms with Crippen LogP contribution in [0.1, 0.15) is 195 Å². The first-order chi connectivity index (χ1) is 45.5. The van der Waals surface area contributed by atoms with Gasteiger partial charge in [0.05, 0.1) is 24.8 Å². The van der Waals surface area contributed by atoms with Crippen LogP contribution in [0.3, 0.4) is 0 Å². The number of carbonyl (C=O) groups is 12. The molecule has 14 atom stereocenters. The maximum Gasteiger partial charge on any atom is 0.407 e. The summed E-state index contributed by atoms with van der Waals surface area (Å²) in [5, 5.41) is 18.0. The number of alkyl carbamates (subject to hydrolysis) is 1. The zero-order chi connectivity index (χ0) is 75.2. The Morgan fingerprint density at radius 1 is 0.551 bits per heavy atom. The van der Waals surface area contributed by atoms with Crippen LogP contribution in [0.5, 0.6) is 0 Å². The minimum absolute atomic E-state index is 0.00425. The van der Waals surface area contributed by atoms with Gasteiger partial charge in [-0.05, 0) is 133 Å². The molecule has 2 aliphatic heterocycles. The second-order valence-electron chi connectivity index (χ2n) is 30.7. The lowest BCUT2D eigenvalue weighted by Gasteiger charge is -2.41. The topological polar surface area (TPSA) is 284 Å². The highest BCUT2D eigenvalue weighted by Crippen LogP contribution is 2.30. The maximum absolute atomic E-state index is 15.3. The summed E-state index contributed by atoms with van der Waals surface area (Å²) in [6.07, 6.45) is 3.61. The summed E-state index contributed by atoms with van der Waals surface area (Å²) in [7, 11) is 12.2. The molecule has 0 aromatic carbocycles. The van der Waals surface area contributed by atoms with Gasteiger partial charge < -0.3 is 59.7 Å². The summed E-state index contributed by atoms with van der Waals surface area (Å²) >= 11 is 0. The summed E-state index contributed by atoms with van der Waals surface area (Å²) in [5.74, 6) is -11.9. The number of carbonyl (C=O) groups excluding carboxylic acids is 12. The quantitative estimate of drug-likeness (QED) is 0.0857. The molecule has 0 saturated carbocycles. The number of rotatable bonds is 19. The summed E-state index contributed by atoms with van der Waals surface area (Å²) in [5.41, 5.74) is 0. The van der Waals surface area contributed by atoms with Crippen molar-refractivity contribution in [2.75, 3.05) is 76.1 Å². The molecule has 0 aromatic heterocycles. The van der Waals surface area contributed by atoms with Crippen LogP contribution in [0.2, 0.25) is 0 Å². The number of likely N-dealkylation sites (N-methyl/N-ethyl adjacent to an activating group) is 7. The average Bonchev–Trinajstić information content (AvgIpc) is 0.805. The molecule has 24 nitrogen and oxygen atoms in total. The van der Waals surface area contributed by atoms with E-state index in [1.54, 1.807) is 75.3 Å². The predicted molar refractivity (Wildman–Crippen MR) is 381 cm³/mol. The third kappa shape index (κ3) is 24.8. The molecular weight excluding hydrogens is 1250 g/mol. The van der Waals surface area contributed by atoms with Gasteiger partial charge in [-0.2, -0.15) is 0 Å². The fraction of sp³-hybridized carbons (Fsp3) is 0.811. The number of ether oxygens (including phenoxy) is 1. The first-order valence-corrected chi connectivity index (χ1v) is 36.2. The fourth-order valence-corrected chi connectivity index (χ4v) is 13.7. The van der Waals surface area contributed by atoms with Gasteiger partial charge in [0.15, 0.2) is 11.6 Å². The molecule has 3 N–H and O–H groups in total. The van der Waals surface area contributed by atoms with Gasteiger partial charge >= 0.3 is 6.09 Å². The highest BCUT2D eigenvalue weighted by molar-refractivity contribution is 6.00. The van der Waals surface area contributed by atoms with E-state index in [2.05, 4.69) is 15.5 Å². The van der Waals surface area contributed by atoms with Crippen molar-refractivity contribution in [1.82, 2.24) is 49.8 Å². The van der Waals surface area contributed by atoms with Crippen molar-refractivity contribution in [3.63, 3.8) is 0 Å². The van der Waals surface area contributed by atoms with Crippen molar-refractivity contribution in [1.29, 1.82) is 0 Å². The van der Waals surface area contributed by atoms with E-state index in [9.17, 15) is 29.1 Å². The van der Waals surface area contributed by atoms with Gasteiger partial charge in [0.25, 0.3) is 0 Å². The lowest BCUT2D eigenvalue weighted by Crippen LogP contribution is -2.63. The molecule has 2 aliphatic rings. The highest BCUT2D eigenvalue weighted by atomic mass is 16.5. The molecule has 0 radical (unpaired) electrons. The Hall–Kier alpha value is -6.30. The lowest BCUT2D eigenvalue weighted by molar-refractivity contribution is -0.157. The highest BCUT2D eigenvalue weighted by Gasteiger charge is 2.46. The van der Waals surface area contributed by atoms with E-state index in [0.29, 0.717) is 12.8 Å². The van der Waals surface area contributed by atoms with Crippen molar-refractivity contribution in [2.24, 2.45) is 59.2 Å². The zero-order valence-electron chi connectivity index (χ0n) is 64.6. The number of allylic oxidation sites excluding steroid dienone is 2. The molecule has 2 heterocycles. The Bertz CT molecular complexity index is 2710. The Labute approximate surface area is 588 Å². The number of nitrogens with zero attached hydrogens (tertiary/aromatic N) is 8. The third-order valence-corrected chi connectivity index (χ3v) is 20.4. The molecule has 2 rings (SSSR count). The number of likely N-dealkylation sites (tertiary alicyclic amines) is 1. The molecule has 560 valence electrons. The SMILES string of the molecule is C/C=C/C[C@@H](C)[C@@H](O)[C@H]1C(=O)N[C@@H](CC)C(=O)N(C)[C@H](C)C(=O)N(C)[C@@H]([C@H](C)CCCOC(=O)NC2CCN(C)CC2)C(=O)C[C@@H](C(C)C)C(=O)N(C)[C@@H](CC(C)C)C(=O)C[C@@H](C)C(=O)C[C@H](C)C(=O)N(C)[C@@H](CC(C)C)C(=O)N(C)[C@@H](CC(C)C)C(=O)N(C)[C@@H](C(C)C)C(=O)N1C. The molecule has 24 heteroatoms. The summed E-state index contributed by atoms with van der Waals surface area (Å²) in [4.78, 5) is 188. The molecule has 0 aromatic rings. The van der Waals surface area contributed by atoms with Crippen LogP contribution >= 0.6 is 0 Å². The Kier molecular flexibility index (Phi) is 36.6. The third-order valence-electron chi connectivity index (χ3n) is 20.4. The van der Waals surface area contributed by atoms with Crippen LogP contribution < -0.4 is 10.6 Å². The Morgan fingerprint density at radius 3 is 1.53 bits per heavy atom. The number of hydrogen-bond acceptors (Lipinski definition) is 15. The van der Waals surface area contributed by atoms with Crippen molar-refractivity contribution < 1.29 is 67.4 Å². The van der Waals surface area contributed by atoms with Crippen molar-refractivity contribution >= 4 is 70.7 Å². The number of ketones is 3. The molecule has 0 aliphatic carbocycles. The van der Waals surface area contributed by atoms with Crippen LogP contribution in [0.4, 0.5) is 4.79 Å². The van der Waals surface area contributed by atoms with Gasteiger partial charge in [-0.1, -0.05) is 116 Å². The smallest absolute Gasteiger partial charge is 0.407 e. The van der Waals surface area contributed by atoms with E-state index in [1.807, 2.05) is 54.7 Å². The molecule has 98 heavy (non-hydrogen) atoms. The molecule has 9 amide bonds. The monoisotopic (exact) mass is 1380 g/mol.